The number of phenolic OH excluding ortho intramolecular Hbond substituents is 3. The van der Waals surface area contributed by atoms with E-state index in [0.717, 1.165) is 68.2 Å². The summed E-state index contributed by atoms with van der Waals surface area (Å²) in [6, 6.07) is 16.9. The van der Waals surface area contributed by atoms with Crippen molar-refractivity contribution >= 4 is 5.78 Å². The Morgan fingerprint density at radius 3 is 2.50 bits per heavy atom. The largest absolute Gasteiger partial charge is 0.504 e. The number of carbonyl (C=O) groups excluding carboxylic acids is 1. The highest BCUT2D eigenvalue weighted by molar-refractivity contribution is 5.83. The topological polar surface area (TPSA) is 152 Å². The highest BCUT2D eigenvalue weighted by atomic mass is 16.5. The molecule has 300 valence electrons. The van der Waals surface area contributed by atoms with Gasteiger partial charge in [0, 0.05) is 60.6 Å². The van der Waals surface area contributed by atoms with E-state index < -0.39 is 29.3 Å². The average molecular weight is 765 g/mol. The first-order valence-corrected chi connectivity index (χ1v) is 20.9. The molecule has 7 rings (SSSR count). The third-order valence-corrected chi connectivity index (χ3v) is 13.9. The summed E-state index contributed by atoms with van der Waals surface area (Å²) in [5.74, 6) is 5.43. The number of piperidine rings is 1. The highest BCUT2D eigenvalue weighted by Gasteiger charge is 2.63. The van der Waals surface area contributed by atoms with Gasteiger partial charge in [0.1, 0.15) is 5.78 Å². The number of phenols is 3. The van der Waals surface area contributed by atoms with Gasteiger partial charge in [0.25, 0.3) is 0 Å². The molecule has 0 bridgehead atoms. The number of fused-ring (bicyclic) bond motifs is 2. The van der Waals surface area contributed by atoms with Gasteiger partial charge in [0.05, 0.1) is 19.8 Å². The minimum absolute atomic E-state index is 0.00375. The molecule has 2 fully saturated rings. The molecule has 1 heterocycles. The van der Waals surface area contributed by atoms with Gasteiger partial charge in [-0.1, -0.05) is 74.8 Å². The van der Waals surface area contributed by atoms with Crippen LogP contribution >= 0.6 is 0 Å². The fraction of sp³-hybridized carbons (Fsp3) is 0.553. The number of rotatable bonds is 11. The molecule has 10 atom stereocenters. The number of aliphatic hydroxyl groups is 2. The molecule has 0 radical (unpaired) electrons. The number of hydrogen-bond donors (Lipinski definition) is 7. The summed E-state index contributed by atoms with van der Waals surface area (Å²) in [6.45, 7) is 3.08. The molecule has 0 aromatic heterocycles. The van der Waals surface area contributed by atoms with Gasteiger partial charge in [-0.15, -0.1) is 0 Å². The van der Waals surface area contributed by atoms with E-state index in [1.807, 2.05) is 25.2 Å². The summed E-state index contributed by atoms with van der Waals surface area (Å²) in [5.41, 5.74) is 3.63. The first-order valence-electron chi connectivity index (χ1n) is 20.9. The van der Waals surface area contributed by atoms with Gasteiger partial charge in [-0.2, -0.15) is 0 Å². The van der Waals surface area contributed by atoms with Crippen LogP contribution in [0.1, 0.15) is 104 Å². The lowest BCUT2D eigenvalue weighted by atomic mass is 9.44. The Morgan fingerprint density at radius 1 is 0.982 bits per heavy atom. The molecule has 9 heteroatoms. The first-order chi connectivity index (χ1) is 27.2. The first kappa shape index (κ1) is 40.1. The lowest BCUT2D eigenvalue weighted by Gasteiger charge is -2.63. The minimum atomic E-state index is -1.01. The number of nitrogens with one attached hydrogen (secondary N) is 2. The number of ketones is 1. The molecule has 9 nitrogen and oxygen atoms in total. The molecule has 1 saturated heterocycles. The molecule has 1 aliphatic heterocycles. The predicted octanol–water partition coefficient (Wildman–Crippen LogP) is 6.43. The standard InChI is InChI=1S/C47H60N2O7/c1-4-5-7-14-34-39(51)21-35(36-23-43(56-3)42(54)20-32(36)27-50)29(18-28-11-8-6-9-12-28)16-17-30-26-49-44-15-10-13-33-19-31(25-48-2)37-22-40(52)41(53)24-38(37)47(33,44)45(30)46(34)55/h6,8-9,11-12,20,22-24,29-31,33-35,44-46,48-50,52-55H,4-5,7,10,13-15,18-19,21,25-27H2,1-3H3. The number of benzene rings is 3. The maximum Gasteiger partial charge on any atom is 0.160 e. The number of carbonyl (C=O) groups is 1. The van der Waals surface area contributed by atoms with Gasteiger partial charge < -0.3 is 40.9 Å². The van der Waals surface area contributed by atoms with Gasteiger partial charge in [-0.25, -0.2) is 0 Å². The molecule has 10 unspecified atom stereocenters. The molecule has 3 aliphatic carbocycles. The fourth-order valence-electron chi connectivity index (χ4n) is 11.5. The van der Waals surface area contributed by atoms with Crippen LogP contribution in [0.15, 0.2) is 54.6 Å². The second-order valence-electron chi connectivity index (χ2n) is 16.9. The molecule has 1 saturated carbocycles. The van der Waals surface area contributed by atoms with E-state index >= 15 is 4.79 Å². The maximum atomic E-state index is 15.3. The molecule has 7 N–H and O–H groups in total. The van der Waals surface area contributed by atoms with E-state index in [9.17, 15) is 25.5 Å². The fourth-order valence-corrected chi connectivity index (χ4v) is 11.5. The van der Waals surface area contributed by atoms with Crippen LogP contribution in [0.4, 0.5) is 0 Å². The zero-order valence-electron chi connectivity index (χ0n) is 33.1. The molecular weight excluding hydrogens is 705 g/mol. The summed E-state index contributed by atoms with van der Waals surface area (Å²) in [4.78, 5) is 15.3. The van der Waals surface area contributed by atoms with Crippen LogP contribution in [-0.4, -0.2) is 70.7 Å². The van der Waals surface area contributed by atoms with E-state index in [0.29, 0.717) is 30.5 Å². The summed E-state index contributed by atoms with van der Waals surface area (Å²) in [6.07, 6.45) is 6.67. The molecule has 3 aromatic carbocycles. The second kappa shape index (κ2) is 17.2. The van der Waals surface area contributed by atoms with Crippen LogP contribution in [0.2, 0.25) is 0 Å². The van der Waals surface area contributed by atoms with Gasteiger partial charge in [0.15, 0.2) is 23.0 Å². The smallest absolute Gasteiger partial charge is 0.160 e. The van der Waals surface area contributed by atoms with E-state index in [-0.39, 0.29) is 71.5 Å². The molecule has 56 heavy (non-hydrogen) atoms. The summed E-state index contributed by atoms with van der Waals surface area (Å²) >= 11 is 0. The van der Waals surface area contributed by atoms with E-state index in [1.165, 1.54) is 13.2 Å². The Bertz CT molecular complexity index is 1920. The van der Waals surface area contributed by atoms with Crippen LogP contribution in [0.25, 0.3) is 0 Å². The SMILES string of the molecule is CCCCCC1C(=O)CC(c2cc(OC)c(O)cc2CO)C(Cc2ccccc2)C#CC2CNC3CCCC4CC(CNC)c5cc(O)c(O)cc5C43C2C1O. The lowest BCUT2D eigenvalue weighted by molar-refractivity contribution is -0.135. The number of likely N-dealkylation sites (N-methyl/N-ethyl adjacent to an activating group) is 1. The number of ether oxygens (including phenoxy) is 1. The van der Waals surface area contributed by atoms with Crippen molar-refractivity contribution in [2.45, 2.75) is 107 Å². The molecular formula is C47H60N2O7. The Balaban J connectivity index is 1.46. The Morgan fingerprint density at radius 2 is 1.77 bits per heavy atom. The molecule has 3 aromatic rings. The van der Waals surface area contributed by atoms with Crippen LogP contribution < -0.4 is 15.4 Å². The van der Waals surface area contributed by atoms with Crippen molar-refractivity contribution in [3.63, 3.8) is 0 Å². The van der Waals surface area contributed by atoms with Crippen LogP contribution in [0.5, 0.6) is 23.0 Å². The second-order valence-corrected chi connectivity index (χ2v) is 16.9. The number of unbranched alkanes of at least 4 members (excludes halogenated alkanes) is 2. The van der Waals surface area contributed by atoms with Crippen molar-refractivity contribution < 1.29 is 35.1 Å². The van der Waals surface area contributed by atoms with Gasteiger partial charge >= 0.3 is 0 Å². The minimum Gasteiger partial charge on any atom is -0.504 e. The van der Waals surface area contributed by atoms with Gasteiger partial charge in [-0.3, -0.25) is 4.79 Å². The van der Waals surface area contributed by atoms with Gasteiger partial charge in [-0.05, 0) is 103 Å². The van der Waals surface area contributed by atoms with Gasteiger partial charge in [0.2, 0.25) is 0 Å². The van der Waals surface area contributed by atoms with Crippen molar-refractivity contribution in [1.82, 2.24) is 10.6 Å². The van der Waals surface area contributed by atoms with Crippen LogP contribution in [0, 0.1) is 41.4 Å². The highest BCUT2D eigenvalue weighted by Crippen LogP contribution is 2.62. The third kappa shape index (κ3) is 7.30. The Hall–Kier alpha value is -4.07. The average Bonchev–Trinajstić information content (AvgIpc) is 3.20. The van der Waals surface area contributed by atoms with Crippen LogP contribution in [0.3, 0.4) is 0 Å². The molecule has 1 spiro atoms. The van der Waals surface area contributed by atoms with Crippen molar-refractivity contribution in [2.75, 3.05) is 27.2 Å². The van der Waals surface area contributed by atoms with Crippen molar-refractivity contribution in [1.29, 1.82) is 0 Å². The summed E-state index contributed by atoms with van der Waals surface area (Å²) in [7, 11) is 3.43. The number of methoxy groups -OCH3 is 1. The maximum absolute atomic E-state index is 15.3. The van der Waals surface area contributed by atoms with Crippen LogP contribution in [-0.2, 0) is 23.2 Å². The zero-order chi connectivity index (χ0) is 39.6. The summed E-state index contributed by atoms with van der Waals surface area (Å²) < 4.78 is 5.56. The molecule has 4 aliphatic rings. The third-order valence-electron chi connectivity index (χ3n) is 13.9. The van der Waals surface area contributed by atoms with Crippen molar-refractivity contribution in [2.24, 2.45) is 29.6 Å². The monoisotopic (exact) mass is 764 g/mol. The quantitative estimate of drug-likeness (QED) is 0.0666. The predicted molar refractivity (Wildman–Crippen MR) is 217 cm³/mol. The van der Waals surface area contributed by atoms with E-state index in [4.69, 9.17) is 4.74 Å². The van der Waals surface area contributed by atoms with Crippen molar-refractivity contribution in [3.05, 3.63) is 82.4 Å². The zero-order valence-corrected chi connectivity index (χ0v) is 33.1. The summed E-state index contributed by atoms with van der Waals surface area (Å²) in [5, 5.41) is 63.9. The number of aromatic hydroxyl groups is 3. The number of hydrogen-bond acceptors (Lipinski definition) is 9. The van der Waals surface area contributed by atoms with E-state index in [2.05, 4.69) is 41.5 Å². The normalized spacial score (nSPS) is 31.2. The number of Topliss-reactive ketones (excluding diaryl/α,β-unsaturated/α-hetero) is 1. The number of aliphatic hydroxyl groups excluding tert-OH is 2. The Labute approximate surface area is 331 Å². The van der Waals surface area contributed by atoms with Crippen molar-refractivity contribution in [3.8, 4) is 34.8 Å². The Kier molecular flexibility index (Phi) is 12.3. The lowest BCUT2D eigenvalue weighted by Crippen LogP contribution is -2.70. The molecule has 0 amide bonds. The van der Waals surface area contributed by atoms with E-state index in [1.54, 1.807) is 18.2 Å².